The third kappa shape index (κ3) is 4.40. The van der Waals surface area contributed by atoms with E-state index in [-0.39, 0.29) is 17.9 Å². The zero-order valence-electron chi connectivity index (χ0n) is 20.6. The van der Waals surface area contributed by atoms with Gasteiger partial charge in [0.1, 0.15) is 0 Å². The maximum Gasteiger partial charge on any atom is 0.254 e. The molecule has 1 saturated heterocycles. The van der Waals surface area contributed by atoms with Crippen LogP contribution in [0, 0.1) is 19.3 Å². The molecular weight excluding hydrogens is 434 g/mol. The van der Waals surface area contributed by atoms with Gasteiger partial charge in [-0.15, -0.1) is 11.3 Å². The Morgan fingerprint density at radius 2 is 1.67 bits per heavy atom. The van der Waals surface area contributed by atoms with Gasteiger partial charge in [-0.25, -0.2) is 9.67 Å². The van der Waals surface area contributed by atoms with Crippen molar-refractivity contribution in [1.82, 2.24) is 24.6 Å². The van der Waals surface area contributed by atoms with E-state index in [0.29, 0.717) is 31.7 Å². The van der Waals surface area contributed by atoms with Crippen LogP contribution in [0.15, 0.2) is 18.3 Å². The van der Waals surface area contributed by atoms with E-state index in [1.807, 2.05) is 41.3 Å². The summed E-state index contributed by atoms with van der Waals surface area (Å²) in [6.45, 7) is 16.3. The van der Waals surface area contributed by atoms with Crippen molar-refractivity contribution in [2.24, 2.45) is 5.41 Å². The SMILES string of the molecule is Cc1cc(-c2cc(C(=O)N3CCN(C(=O)C(C)(C)C)CC3)c3cnn(C(C)C)c3n2)c(C)s1. The molecule has 4 heterocycles. The van der Waals surface area contributed by atoms with E-state index in [4.69, 9.17) is 4.98 Å². The number of fused-ring (bicyclic) bond motifs is 1. The predicted octanol–water partition coefficient (Wildman–Crippen LogP) is 4.69. The van der Waals surface area contributed by atoms with Crippen LogP contribution in [0.5, 0.6) is 0 Å². The summed E-state index contributed by atoms with van der Waals surface area (Å²) in [6, 6.07) is 4.18. The molecule has 33 heavy (non-hydrogen) atoms. The molecule has 0 saturated carbocycles. The number of hydrogen-bond acceptors (Lipinski definition) is 5. The molecule has 1 aliphatic heterocycles. The van der Waals surface area contributed by atoms with Crippen molar-refractivity contribution in [3.63, 3.8) is 0 Å². The van der Waals surface area contributed by atoms with Crippen molar-refractivity contribution < 1.29 is 9.59 Å². The summed E-state index contributed by atoms with van der Waals surface area (Å²) < 4.78 is 1.88. The summed E-state index contributed by atoms with van der Waals surface area (Å²) in [5.41, 5.74) is 2.80. The van der Waals surface area contributed by atoms with Gasteiger partial charge in [0, 0.05) is 53.0 Å². The van der Waals surface area contributed by atoms with Crippen LogP contribution in [0.25, 0.3) is 22.3 Å². The number of aromatic nitrogens is 3. The highest BCUT2D eigenvalue weighted by atomic mass is 32.1. The Hall–Kier alpha value is -2.74. The number of pyridine rings is 1. The lowest BCUT2D eigenvalue weighted by Crippen LogP contribution is -2.53. The van der Waals surface area contributed by atoms with Crippen molar-refractivity contribution in [3.05, 3.63) is 33.6 Å². The first-order valence-electron chi connectivity index (χ1n) is 11.5. The van der Waals surface area contributed by atoms with Crippen LogP contribution in [-0.2, 0) is 4.79 Å². The largest absolute Gasteiger partial charge is 0.339 e. The quantitative estimate of drug-likeness (QED) is 0.560. The fourth-order valence-corrected chi connectivity index (χ4v) is 5.29. The molecule has 0 unspecified atom stereocenters. The van der Waals surface area contributed by atoms with Gasteiger partial charge < -0.3 is 9.80 Å². The molecule has 0 radical (unpaired) electrons. The maximum absolute atomic E-state index is 13.7. The van der Waals surface area contributed by atoms with Gasteiger partial charge in [0.2, 0.25) is 5.91 Å². The van der Waals surface area contributed by atoms with Crippen LogP contribution in [0.3, 0.4) is 0 Å². The van der Waals surface area contributed by atoms with E-state index >= 15 is 0 Å². The van der Waals surface area contributed by atoms with E-state index in [1.54, 1.807) is 17.5 Å². The van der Waals surface area contributed by atoms with E-state index < -0.39 is 5.41 Å². The smallest absolute Gasteiger partial charge is 0.254 e. The van der Waals surface area contributed by atoms with Gasteiger partial charge in [-0.05, 0) is 39.8 Å². The van der Waals surface area contributed by atoms with Gasteiger partial charge in [-0.2, -0.15) is 5.10 Å². The van der Waals surface area contributed by atoms with E-state index in [1.165, 1.54) is 9.75 Å². The number of hydrogen-bond donors (Lipinski definition) is 0. The standard InChI is InChI=1S/C25H33N5O2S/c1-15(2)30-22-20(14-26-30)19(13-21(27-22)18-12-16(3)33-17(18)4)23(31)28-8-10-29(11-9-28)24(32)25(5,6)7/h12-15H,8-11H2,1-7H3. The lowest BCUT2D eigenvalue weighted by molar-refractivity contribution is -0.140. The molecule has 176 valence electrons. The molecule has 0 bridgehead atoms. The molecule has 3 aromatic heterocycles. The summed E-state index contributed by atoms with van der Waals surface area (Å²) in [6.07, 6.45) is 1.75. The van der Waals surface area contributed by atoms with Gasteiger partial charge in [0.15, 0.2) is 5.65 Å². The molecule has 0 atom stereocenters. The molecule has 0 aromatic carbocycles. The van der Waals surface area contributed by atoms with Gasteiger partial charge in [-0.3, -0.25) is 9.59 Å². The second-order valence-corrected chi connectivity index (χ2v) is 11.6. The lowest BCUT2D eigenvalue weighted by Gasteiger charge is -2.37. The first-order chi connectivity index (χ1) is 15.5. The number of rotatable bonds is 3. The molecule has 1 aliphatic rings. The lowest BCUT2D eigenvalue weighted by atomic mass is 9.94. The Bertz CT molecular complexity index is 1210. The number of nitrogens with zero attached hydrogens (tertiary/aromatic N) is 5. The summed E-state index contributed by atoms with van der Waals surface area (Å²) in [5, 5.41) is 5.31. The average Bonchev–Trinajstić information content (AvgIpc) is 3.34. The second-order valence-electron chi connectivity index (χ2n) is 10.1. The van der Waals surface area contributed by atoms with Crippen LogP contribution in [0.1, 0.15) is 60.8 Å². The van der Waals surface area contributed by atoms with E-state index in [0.717, 1.165) is 22.3 Å². The molecule has 0 aliphatic carbocycles. The average molecular weight is 468 g/mol. The molecule has 0 N–H and O–H groups in total. The van der Waals surface area contributed by atoms with Crippen LogP contribution >= 0.6 is 11.3 Å². The van der Waals surface area contributed by atoms with Crippen LogP contribution < -0.4 is 0 Å². The van der Waals surface area contributed by atoms with Gasteiger partial charge in [0.05, 0.1) is 22.8 Å². The van der Waals surface area contributed by atoms with Gasteiger partial charge in [-0.1, -0.05) is 20.8 Å². The number of carbonyl (C=O) groups is 2. The maximum atomic E-state index is 13.7. The third-order valence-electron chi connectivity index (χ3n) is 6.10. The normalized spacial score (nSPS) is 15.0. The molecular formula is C25H33N5O2S. The minimum atomic E-state index is -0.416. The highest BCUT2D eigenvalue weighted by Gasteiger charge is 2.32. The zero-order valence-corrected chi connectivity index (χ0v) is 21.4. The molecule has 8 heteroatoms. The molecule has 3 aromatic rings. The number of thiophene rings is 1. The topological polar surface area (TPSA) is 71.3 Å². The summed E-state index contributed by atoms with van der Waals surface area (Å²) in [7, 11) is 0. The fourth-order valence-electron chi connectivity index (χ4n) is 4.35. The Morgan fingerprint density at radius 3 is 2.21 bits per heavy atom. The number of aryl methyl sites for hydroxylation is 2. The summed E-state index contributed by atoms with van der Waals surface area (Å²) in [5.74, 6) is 0.101. The Labute approximate surface area is 199 Å². The minimum absolute atomic E-state index is 0.0283. The van der Waals surface area contributed by atoms with Crippen LogP contribution in [0.4, 0.5) is 0 Å². The van der Waals surface area contributed by atoms with Crippen molar-refractivity contribution in [3.8, 4) is 11.3 Å². The molecule has 1 fully saturated rings. The Morgan fingerprint density at radius 1 is 1.03 bits per heavy atom. The summed E-state index contributed by atoms with van der Waals surface area (Å²) >= 11 is 1.73. The van der Waals surface area contributed by atoms with E-state index in [2.05, 4.69) is 38.9 Å². The molecule has 0 spiro atoms. The molecule has 4 rings (SSSR count). The Kier molecular flexibility index (Phi) is 6.07. The first kappa shape index (κ1) is 23.4. The van der Waals surface area contributed by atoms with Gasteiger partial charge >= 0.3 is 0 Å². The number of carbonyl (C=O) groups excluding carboxylic acids is 2. The van der Waals surface area contributed by atoms with Crippen molar-refractivity contribution >= 4 is 34.2 Å². The van der Waals surface area contributed by atoms with Gasteiger partial charge in [0.25, 0.3) is 5.91 Å². The number of amides is 2. The molecule has 2 amide bonds. The monoisotopic (exact) mass is 467 g/mol. The van der Waals surface area contributed by atoms with Crippen LogP contribution in [0.2, 0.25) is 0 Å². The second kappa shape index (κ2) is 8.56. The first-order valence-corrected chi connectivity index (χ1v) is 12.3. The predicted molar refractivity (Wildman–Crippen MR) is 133 cm³/mol. The Balaban J connectivity index is 1.70. The molecule has 7 nitrogen and oxygen atoms in total. The van der Waals surface area contributed by atoms with Crippen LogP contribution in [-0.4, -0.2) is 62.6 Å². The fraction of sp³-hybridized carbons (Fsp3) is 0.520. The summed E-state index contributed by atoms with van der Waals surface area (Å²) in [4.78, 5) is 37.4. The van der Waals surface area contributed by atoms with Crippen molar-refractivity contribution in [2.45, 2.75) is 54.5 Å². The minimum Gasteiger partial charge on any atom is -0.339 e. The highest BCUT2D eigenvalue weighted by molar-refractivity contribution is 7.12. The number of piperazine rings is 1. The van der Waals surface area contributed by atoms with E-state index in [9.17, 15) is 9.59 Å². The van der Waals surface area contributed by atoms with Crippen molar-refractivity contribution in [1.29, 1.82) is 0 Å². The zero-order chi connectivity index (χ0) is 24.1. The highest BCUT2D eigenvalue weighted by Crippen LogP contribution is 2.33. The third-order valence-corrected chi connectivity index (χ3v) is 7.06. The van der Waals surface area contributed by atoms with Crippen molar-refractivity contribution in [2.75, 3.05) is 26.2 Å².